The Kier molecular flexibility index (Phi) is 3.31. The van der Waals surface area contributed by atoms with Crippen LogP contribution in [0.2, 0.25) is 0 Å². The molecule has 2 N–H and O–H groups in total. The van der Waals surface area contributed by atoms with E-state index in [2.05, 4.69) is 36.4 Å². The quantitative estimate of drug-likeness (QED) is 0.713. The molecule has 0 fully saturated rings. The lowest BCUT2D eigenvalue weighted by molar-refractivity contribution is -0.120. The number of hydrogen-bond donors (Lipinski definition) is 2. The van der Waals surface area contributed by atoms with E-state index in [1.807, 2.05) is 20.8 Å². The molecular formula is C12H23N3O. The maximum Gasteiger partial charge on any atom is 0.251 e. The van der Waals surface area contributed by atoms with Crippen molar-refractivity contribution in [1.29, 1.82) is 0 Å². The van der Waals surface area contributed by atoms with Crippen LogP contribution in [0.25, 0.3) is 0 Å². The van der Waals surface area contributed by atoms with Crippen LogP contribution in [0, 0.1) is 5.41 Å². The Morgan fingerprint density at radius 3 is 2.25 bits per heavy atom. The number of rotatable bonds is 1. The Morgan fingerprint density at radius 1 is 1.25 bits per heavy atom. The van der Waals surface area contributed by atoms with Gasteiger partial charge in [-0.1, -0.05) is 20.8 Å². The Labute approximate surface area is 97.9 Å². The third-order valence-electron chi connectivity index (χ3n) is 2.13. The summed E-state index contributed by atoms with van der Waals surface area (Å²) < 4.78 is 0. The second-order valence-electron chi connectivity index (χ2n) is 6.62. The van der Waals surface area contributed by atoms with Gasteiger partial charge in [0.05, 0.1) is 0 Å². The van der Waals surface area contributed by atoms with Gasteiger partial charge < -0.3 is 5.32 Å². The van der Waals surface area contributed by atoms with E-state index in [1.165, 1.54) is 0 Å². The van der Waals surface area contributed by atoms with Gasteiger partial charge in [-0.2, -0.15) is 0 Å². The van der Waals surface area contributed by atoms with Crippen molar-refractivity contribution in [3.63, 3.8) is 0 Å². The van der Waals surface area contributed by atoms with Crippen LogP contribution in [0.5, 0.6) is 0 Å². The zero-order valence-corrected chi connectivity index (χ0v) is 11.1. The summed E-state index contributed by atoms with van der Waals surface area (Å²) >= 11 is 0. The Hall–Kier alpha value is -1.06. The first-order chi connectivity index (χ1) is 7.07. The van der Waals surface area contributed by atoms with Gasteiger partial charge in [0.2, 0.25) is 0 Å². The van der Waals surface area contributed by atoms with Crippen molar-refractivity contribution in [3.8, 4) is 0 Å². The van der Waals surface area contributed by atoms with E-state index < -0.39 is 0 Å². The number of carbonyl (C=O) groups excluding carboxylic acids is 1. The smallest absolute Gasteiger partial charge is 0.251 e. The molecule has 0 radical (unpaired) electrons. The summed E-state index contributed by atoms with van der Waals surface area (Å²) in [5, 5.41) is 5.97. The van der Waals surface area contributed by atoms with Crippen molar-refractivity contribution in [2.24, 2.45) is 10.4 Å². The molecule has 0 saturated heterocycles. The standard InChI is InChI=1S/C12H23N3O/c1-11(2,3)7-8-9(16)14-10(13-8)15-12(4,5)6/h8H,7H2,1-6H3,(H2,13,14,15,16). The van der Waals surface area contributed by atoms with Crippen molar-refractivity contribution < 1.29 is 4.79 Å². The first kappa shape index (κ1) is 13.0. The predicted molar refractivity (Wildman–Crippen MR) is 66.3 cm³/mol. The third-order valence-corrected chi connectivity index (χ3v) is 2.13. The molecule has 1 rings (SSSR count). The Bertz CT molecular complexity index is 307. The maximum absolute atomic E-state index is 11.7. The molecule has 16 heavy (non-hydrogen) atoms. The molecule has 1 heterocycles. The summed E-state index contributed by atoms with van der Waals surface area (Å²) in [5.41, 5.74) is 0.0332. The molecule has 0 aromatic carbocycles. The molecule has 92 valence electrons. The van der Waals surface area contributed by atoms with Crippen LogP contribution in [0.4, 0.5) is 0 Å². The average Bonchev–Trinajstić information content (AvgIpc) is 2.23. The molecule has 1 unspecified atom stereocenters. The van der Waals surface area contributed by atoms with E-state index in [1.54, 1.807) is 0 Å². The van der Waals surface area contributed by atoms with Crippen molar-refractivity contribution in [2.75, 3.05) is 0 Å². The van der Waals surface area contributed by atoms with Gasteiger partial charge in [0.25, 0.3) is 5.91 Å². The fourth-order valence-electron chi connectivity index (χ4n) is 1.58. The summed E-state index contributed by atoms with van der Waals surface area (Å²) in [4.78, 5) is 16.1. The van der Waals surface area contributed by atoms with E-state index in [0.29, 0.717) is 5.96 Å². The number of carbonyl (C=O) groups is 1. The normalized spacial score (nSPS) is 21.8. The topological polar surface area (TPSA) is 53.5 Å². The van der Waals surface area contributed by atoms with Crippen LogP contribution in [0.15, 0.2) is 4.99 Å². The average molecular weight is 225 g/mol. The van der Waals surface area contributed by atoms with E-state index in [4.69, 9.17) is 0 Å². The lowest BCUT2D eigenvalue weighted by atomic mass is 9.88. The molecule has 4 nitrogen and oxygen atoms in total. The van der Waals surface area contributed by atoms with E-state index in [9.17, 15) is 4.79 Å². The summed E-state index contributed by atoms with van der Waals surface area (Å²) in [6.07, 6.45) is 0.772. The SMILES string of the molecule is CC(C)(C)CC1N=C(NC(C)(C)C)NC1=O. The summed E-state index contributed by atoms with van der Waals surface area (Å²) in [6.45, 7) is 12.5. The highest BCUT2D eigenvalue weighted by atomic mass is 16.2. The van der Waals surface area contributed by atoms with Crippen LogP contribution in [-0.2, 0) is 4.79 Å². The molecule has 0 aliphatic carbocycles. The van der Waals surface area contributed by atoms with Gasteiger partial charge >= 0.3 is 0 Å². The summed E-state index contributed by atoms with van der Waals surface area (Å²) in [7, 11) is 0. The molecule has 1 aliphatic heterocycles. The van der Waals surface area contributed by atoms with Gasteiger partial charge in [0, 0.05) is 5.54 Å². The molecule has 0 aromatic heterocycles. The van der Waals surface area contributed by atoms with Crippen LogP contribution in [0.1, 0.15) is 48.0 Å². The summed E-state index contributed by atoms with van der Waals surface area (Å²) in [6, 6.07) is -0.246. The van der Waals surface area contributed by atoms with Crippen LogP contribution < -0.4 is 10.6 Å². The lowest BCUT2D eigenvalue weighted by Gasteiger charge is -2.21. The van der Waals surface area contributed by atoms with Crippen molar-refractivity contribution >= 4 is 11.9 Å². The van der Waals surface area contributed by atoms with E-state index in [-0.39, 0.29) is 22.9 Å². The van der Waals surface area contributed by atoms with Crippen molar-refractivity contribution in [2.45, 2.75) is 59.5 Å². The fraction of sp³-hybridized carbons (Fsp3) is 0.833. The highest BCUT2D eigenvalue weighted by Gasteiger charge is 2.31. The first-order valence-electron chi connectivity index (χ1n) is 5.74. The van der Waals surface area contributed by atoms with Gasteiger partial charge in [-0.3, -0.25) is 10.1 Å². The minimum Gasteiger partial charge on any atom is -0.351 e. The minimum absolute atomic E-state index is 0.00155. The molecule has 0 saturated carbocycles. The largest absolute Gasteiger partial charge is 0.351 e. The van der Waals surface area contributed by atoms with Crippen LogP contribution >= 0.6 is 0 Å². The molecule has 1 aliphatic rings. The number of amides is 1. The molecule has 1 atom stereocenters. The van der Waals surface area contributed by atoms with Crippen LogP contribution in [0.3, 0.4) is 0 Å². The predicted octanol–water partition coefficient (Wildman–Crippen LogP) is 1.67. The second-order valence-corrected chi connectivity index (χ2v) is 6.62. The van der Waals surface area contributed by atoms with Gasteiger partial charge in [0.1, 0.15) is 6.04 Å². The number of guanidine groups is 1. The monoisotopic (exact) mass is 225 g/mol. The molecule has 1 amide bonds. The van der Waals surface area contributed by atoms with Gasteiger partial charge in [-0.25, -0.2) is 4.99 Å². The molecule has 0 aromatic rings. The number of nitrogens with zero attached hydrogens (tertiary/aromatic N) is 1. The second kappa shape index (κ2) is 4.07. The maximum atomic E-state index is 11.7. The Balaban J connectivity index is 2.65. The van der Waals surface area contributed by atoms with Gasteiger partial charge in [-0.05, 0) is 32.6 Å². The van der Waals surface area contributed by atoms with Crippen molar-refractivity contribution in [1.82, 2.24) is 10.6 Å². The first-order valence-corrected chi connectivity index (χ1v) is 5.74. The molecule has 0 spiro atoms. The molecular weight excluding hydrogens is 202 g/mol. The molecule has 4 heteroatoms. The number of hydrogen-bond acceptors (Lipinski definition) is 3. The number of aliphatic imine (C=N–C) groups is 1. The highest BCUT2D eigenvalue weighted by molar-refractivity contribution is 6.05. The summed E-state index contributed by atoms with van der Waals surface area (Å²) in [5.74, 6) is 0.605. The fourth-order valence-corrected chi connectivity index (χ4v) is 1.58. The molecule has 0 bridgehead atoms. The van der Waals surface area contributed by atoms with Crippen molar-refractivity contribution in [3.05, 3.63) is 0 Å². The van der Waals surface area contributed by atoms with Crippen LogP contribution in [-0.4, -0.2) is 23.4 Å². The lowest BCUT2D eigenvalue weighted by Crippen LogP contribution is -2.46. The van der Waals surface area contributed by atoms with E-state index in [0.717, 1.165) is 6.42 Å². The minimum atomic E-state index is -0.246. The Morgan fingerprint density at radius 2 is 1.81 bits per heavy atom. The third kappa shape index (κ3) is 4.21. The van der Waals surface area contributed by atoms with Gasteiger partial charge in [0.15, 0.2) is 5.96 Å². The number of nitrogens with one attached hydrogen (secondary N) is 2. The van der Waals surface area contributed by atoms with Gasteiger partial charge in [-0.15, -0.1) is 0 Å². The highest BCUT2D eigenvalue weighted by Crippen LogP contribution is 2.23. The zero-order valence-electron chi connectivity index (χ0n) is 11.1. The zero-order chi connectivity index (χ0) is 12.6. The van der Waals surface area contributed by atoms with E-state index >= 15 is 0 Å².